The SMILES string of the molecule is CCOc1cc(F)c(Cn2nc(-c3ncc(O)c(N(c4ccncc4)C(F)F)n3)c3ccccc32)c(F)c1. The fraction of sp³-hybridized carbons (Fsp3) is 0.154. The van der Waals surface area contributed by atoms with Crippen LogP contribution in [0, 0.1) is 11.6 Å². The van der Waals surface area contributed by atoms with E-state index in [1.54, 1.807) is 31.2 Å². The van der Waals surface area contributed by atoms with Gasteiger partial charge in [-0.25, -0.2) is 18.7 Å². The summed E-state index contributed by atoms with van der Waals surface area (Å²) in [7, 11) is 0. The highest BCUT2D eigenvalue weighted by Crippen LogP contribution is 2.36. The summed E-state index contributed by atoms with van der Waals surface area (Å²) in [5, 5.41) is 15.4. The second-order valence-corrected chi connectivity index (χ2v) is 8.08. The highest BCUT2D eigenvalue weighted by Gasteiger charge is 2.26. The molecule has 0 aliphatic heterocycles. The van der Waals surface area contributed by atoms with E-state index in [-0.39, 0.29) is 41.7 Å². The fourth-order valence-corrected chi connectivity index (χ4v) is 4.03. The summed E-state index contributed by atoms with van der Waals surface area (Å²) >= 11 is 0. The minimum Gasteiger partial charge on any atom is -0.503 e. The lowest BCUT2D eigenvalue weighted by atomic mass is 10.1. The number of para-hydroxylation sites is 1. The number of hydrogen-bond donors (Lipinski definition) is 1. The van der Waals surface area contributed by atoms with Gasteiger partial charge in [-0.15, -0.1) is 0 Å². The van der Waals surface area contributed by atoms with Crippen molar-refractivity contribution in [1.82, 2.24) is 24.7 Å². The molecule has 0 amide bonds. The van der Waals surface area contributed by atoms with Crippen LogP contribution < -0.4 is 9.64 Å². The summed E-state index contributed by atoms with van der Waals surface area (Å²) in [5.41, 5.74) is 0.500. The topological polar surface area (TPSA) is 89.2 Å². The van der Waals surface area contributed by atoms with E-state index in [0.717, 1.165) is 18.3 Å². The summed E-state index contributed by atoms with van der Waals surface area (Å²) in [5.74, 6) is -2.63. The van der Waals surface area contributed by atoms with Crippen molar-refractivity contribution in [2.24, 2.45) is 0 Å². The molecule has 0 bridgehead atoms. The van der Waals surface area contributed by atoms with E-state index >= 15 is 0 Å². The monoisotopic (exact) mass is 524 g/mol. The largest absolute Gasteiger partial charge is 0.503 e. The Labute approximate surface area is 213 Å². The van der Waals surface area contributed by atoms with Crippen molar-refractivity contribution in [3.05, 3.63) is 84.3 Å². The standard InChI is InChI=1S/C26H20F4N6O2/c1-2-38-16-11-19(27)18(20(28)12-16)14-35-21-6-4-3-5-17(21)23(34-35)24-32-13-22(37)25(33-24)36(26(29)30)15-7-9-31-10-8-15/h3-13,26,37H,2,14H2,1H3. The number of aromatic hydroxyl groups is 1. The number of aromatic nitrogens is 5. The van der Waals surface area contributed by atoms with Gasteiger partial charge in [-0.1, -0.05) is 18.2 Å². The van der Waals surface area contributed by atoms with Crippen molar-refractivity contribution in [3.63, 3.8) is 0 Å². The Morgan fingerprint density at radius 3 is 2.45 bits per heavy atom. The molecule has 3 aromatic heterocycles. The molecule has 0 atom stereocenters. The summed E-state index contributed by atoms with van der Waals surface area (Å²) in [6.45, 7) is -1.36. The van der Waals surface area contributed by atoms with Crippen molar-refractivity contribution in [1.29, 1.82) is 0 Å². The molecule has 2 aromatic carbocycles. The number of anilines is 2. The summed E-state index contributed by atoms with van der Waals surface area (Å²) < 4.78 is 64.3. The van der Waals surface area contributed by atoms with E-state index in [4.69, 9.17) is 4.74 Å². The molecular formula is C26H20F4N6O2. The molecule has 0 radical (unpaired) electrons. The number of fused-ring (bicyclic) bond motifs is 1. The number of ether oxygens (including phenoxy) is 1. The molecule has 0 aliphatic rings. The Balaban J connectivity index is 1.60. The highest BCUT2D eigenvalue weighted by atomic mass is 19.3. The molecule has 0 fully saturated rings. The Hall–Kier alpha value is -4.74. The number of pyridine rings is 1. The smallest absolute Gasteiger partial charge is 0.320 e. The molecular weight excluding hydrogens is 504 g/mol. The van der Waals surface area contributed by atoms with Gasteiger partial charge in [-0.2, -0.15) is 13.9 Å². The summed E-state index contributed by atoms with van der Waals surface area (Å²) in [4.78, 5) is 12.7. The Kier molecular flexibility index (Phi) is 6.77. The fourth-order valence-electron chi connectivity index (χ4n) is 4.03. The molecule has 5 rings (SSSR count). The zero-order valence-electron chi connectivity index (χ0n) is 19.9. The number of rotatable bonds is 8. The Bertz CT molecular complexity index is 1570. The van der Waals surface area contributed by atoms with Gasteiger partial charge in [0.1, 0.15) is 23.1 Å². The van der Waals surface area contributed by atoms with E-state index in [1.807, 2.05) is 0 Å². The maximum absolute atomic E-state index is 14.8. The zero-order chi connectivity index (χ0) is 26.8. The van der Waals surface area contributed by atoms with E-state index in [2.05, 4.69) is 20.1 Å². The number of nitrogens with zero attached hydrogens (tertiary/aromatic N) is 6. The second-order valence-electron chi connectivity index (χ2n) is 8.08. The molecule has 194 valence electrons. The first-order valence-corrected chi connectivity index (χ1v) is 11.5. The average Bonchev–Trinajstić information content (AvgIpc) is 3.26. The quantitative estimate of drug-likeness (QED) is 0.206. The number of benzene rings is 2. The van der Waals surface area contributed by atoms with Gasteiger partial charge >= 0.3 is 6.55 Å². The van der Waals surface area contributed by atoms with Gasteiger partial charge in [-0.05, 0) is 25.1 Å². The third kappa shape index (κ3) is 4.67. The van der Waals surface area contributed by atoms with Crippen LogP contribution in [-0.2, 0) is 6.54 Å². The molecule has 0 unspecified atom stereocenters. The first-order chi connectivity index (χ1) is 18.4. The van der Waals surface area contributed by atoms with Crippen LogP contribution in [0.15, 0.2) is 67.1 Å². The van der Waals surface area contributed by atoms with Crippen LogP contribution in [0.1, 0.15) is 12.5 Å². The average molecular weight is 524 g/mol. The Morgan fingerprint density at radius 1 is 1.05 bits per heavy atom. The number of hydrogen-bond acceptors (Lipinski definition) is 7. The van der Waals surface area contributed by atoms with Crippen LogP contribution in [0.2, 0.25) is 0 Å². The van der Waals surface area contributed by atoms with Gasteiger partial charge in [0.15, 0.2) is 17.4 Å². The van der Waals surface area contributed by atoms with E-state index in [0.29, 0.717) is 15.8 Å². The second kappa shape index (κ2) is 10.3. The predicted molar refractivity (Wildman–Crippen MR) is 131 cm³/mol. The number of halogens is 4. The van der Waals surface area contributed by atoms with Crippen molar-refractivity contribution in [3.8, 4) is 23.0 Å². The Morgan fingerprint density at radius 2 is 1.76 bits per heavy atom. The first-order valence-electron chi connectivity index (χ1n) is 11.5. The minimum absolute atomic E-state index is 0.0480. The summed E-state index contributed by atoms with van der Waals surface area (Å²) in [6, 6.07) is 11.7. The number of alkyl halides is 2. The molecule has 0 spiro atoms. The van der Waals surface area contributed by atoms with Gasteiger partial charge in [0.05, 0.1) is 30.6 Å². The van der Waals surface area contributed by atoms with Crippen LogP contribution in [0.3, 0.4) is 0 Å². The highest BCUT2D eigenvalue weighted by molar-refractivity contribution is 5.92. The van der Waals surface area contributed by atoms with Gasteiger partial charge in [0.25, 0.3) is 0 Å². The molecule has 3 heterocycles. The van der Waals surface area contributed by atoms with Crippen LogP contribution in [0.25, 0.3) is 22.4 Å². The predicted octanol–water partition coefficient (Wildman–Crippen LogP) is 5.68. The van der Waals surface area contributed by atoms with Crippen molar-refractivity contribution in [2.75, 3.05) is 11.5 Å². The minimum atomic E-state index is -3.05. The molecule has 1 N–H and O–H groups in total. The lowest BCUT2D eigenvalue weighted by Crippen LogP contribution is -2.24. The van der Waals surface area contributed by atoms with Crippen LogP contribution in [-0.4, -0.2) is 43.0 Å². The zero-order valence-corrected chi connectivity index (χ0v) is 19.9. The first kappa shape index (κ1) is 24.9. The van der Waals surface area contributed by atoms with Crippen molar-refractivity contribution < 1.29 is 27.4 Å². The molecule has 0 aliphatic carbocycles. The van der Waals surface area contributed by atoms with Crippen molar-refractivity contribution >= 4 is 22.4 Å². The van der Waals surface area contributed by atoms with Crippen LogP contribution in [0.4, 0.5) is 29.1 Å². The van der Waals surface area contributed by atoms with E-state index in [9.17, 15) is 22.7 Å². The van der Waals surface area contributed by atoms with Crippen molar-refractivity contribution in [2.45, 2.75) is 20.0 Å². The maximum atomic E-state index is 14.8. The molecule has 0 saturated heterocycles. The molecule has 0 saturated carbocycles. The normalized spacial score (nSPS) is 11.3. The third-order valence-corrected chi connectivity index (χ3v) is 5.72. The molecule has 5 aromatic rings. The van der Waals surface area contributed by atoms with Gasteiger partial charge in [0, 0.05) is 35.5 Å². The van der Waals surface area contributed by atoms with Gasteiger partial charge in [0.2, 0.25) is 0 Å². The molecule has 38 heavy (non-hydrogen) atoms. The van der Waals surface area contributed by atoms with Gasteiger partial charge < -0.3 is 9.84 Å². The van der Waals surface area contributed by atoms with Crippen LogP contribution in [0.5, 0.6) is 11.5 Å². The lowest BCUT2D eigenvalue weighted by Gasteiger charge is -2.23. The molecule has 8 nitrogen and oxygen atoms in total. The van der Waals surface area contributed by atoms with E-state index in [1.165, 1.54) is 29.2 Å². The summed E-state index contributed by atoms with van der Waals surface area (Å²) in [6.07, 6.45) is 3.66. The van der Waals surface area contributed by atoms with Crippen LogP contribution >= 0.6 is 0 Å². The van der Waals surface area contributed by atoms with E-state index < -0.39 is 29.8 Å². The molecule has 12 heteroatoms. The lowest BCUT2D eigenvalue weighted by molar-refractivity contribution is 0.154. The third-order valence-electron chi connectivity index (χ3n) is 5.72. The van der Waals surface area contributed by atoms with Gasteiger partial charge in [-0.3, -0.25) is 14.6 Å². The maximum Gasteiger partial charge on any atom is 0.320 e.